The second-order valence-electron chi connectivity index (χ2n) is 8.25. The van der Waals surface area contributed by atoms with Gasteiger partial charge in [-0.15, -0.1) is 0 Å². The fourth-order valence-corrected chi connectivity index (χ4v) is 4.20. The average Bonchev–Trinajstić information content (AvgIpc) is 2.87. The van der Waals surface area contributed by atoms with Crippen LogP contribution in [0.3, 0.4) is 0 Å². The van der Waals surface area contributed by atoms with Gasteiger partial charge in [0.1, 0.15) is 6.67 Å². The molecule has 7 nitrogen and oxygen atoms in total. The van der Waals surface area contributed by atoms with Crippen molar-refractivity contribution < 1.29 is 9.18 Å². The number of halogens is 1. The molecule has 1 amide bonds. The molecule has 1 heterocycles. The van der Waals surface area contributed by atoms with E-state index >= 15 is 0 Å². The average molecular weight is 449 g/mol. The number of nitrogens with one attached hydrogen (secondary N) is 3. The number of anilines is 2. The highest BCUT2D eigenvalue weighted by molar-refractivity contribution is 5.78. The van der Waals surface area contributed by atoms with Crippen molar-refractivity contribution in [2.45, 2.75) is 44.9 Å². The highest BCUT2D eigenvalue weighted by atomic mass is 19.1. The number of amides is 1. The number of benzene rings is 2. The van der Waals surface area contributed by atoms with E-state index in [1.54, 1.807) is 13.1 Å². The first kappa shape index (κ1) is 22.6. The van der Waals surface area contributed by atoms with Gasteiger partial charge in [0.05, 0.1) is 0 Å². The van der Waals surface area contributed by atoms with Crippen molar-refractivity contribution in [3.05, 3.63) is 65.7 Å². The van der Waals surface area contributed by atoms with Crippen LogP contribution in [0.5, 0.6) is 0 Å². The Balaban J connectivity index is 1.40. The fraction of sp³-hybridized carbons (Fsp3) is 0.360. The summed E-state index contributed by atoms with van der Waals surface area (Å²) < 4.78 is 13.2. The van der Waals surface area contributed by atoms with Gasteiger partial charge in [-0.1, -0.05) is 61.0 Å². The van der Waals surface area contributed by atoms with E-state index < -0.39 is 6.67 Å². The number of aromatic nitrogens is 3. The van der Waals surface area contributed by atoms with Crippen LogP contribution in [0.4, 0.5) is 16.3 Å². The van der Waals surface area contributed by atoms with E-state index in [1.165, 1.54) is 0 Å². The Morgan fingerprint density at radius 2 is 1.70 bits per heavy atom. The molecule has 4 rings (SSSR count). The van der Waals surface area contributed by atoms with Gasteiger partial charge in [-0.05, 0) is 30.4 Å². The van der Waals surface area contributed by atoms with Crippen molar-refractivity contribution in [1.82, 2.24) is 20.3 Å². The molecule has 2 aromatic carbocycles. The summed E-state index contributed by atoms with van der Waals surface area (Å²) in [5.41, 5.74) is 2.34. The zero-order valence-corrected chi connectivity index (χ0v) is 18.7. The van der Waals surface area contributed by atoms with E-state index in [9.17, 15) is 9.18 Å². The molecule has 33 heavy (non-hydrogen) atoms. The summed E-state index contributed by atoms with van der Waals surface area (Å²) in [5.74, 6) is 1.48. The molecule has 2 atom stereocenters. The lowest BCUT2D eigenvalue weighted by Gasteiger charge is -2.29. The summed E-state index contributed by atoms with van der Waals surface area (Å²) in [7, 11) is 1.77. The molecule has 0 unspecified atom stereocenters. The van der Waals surface area contributed by atoms with Gasteiger partial charge in [-0.3, -0.25) is 4.79 Å². The van der Waals surface area contributed by atoms with Crippen LogP contribution in [-0.4, -0.2) is 33.9 Å². The number of carbonyl (C=O) groups excluding carboxylic acids is 1. The van der Waals surface area contributed by atoms with E-state index in [1.807, 2.05) is 48.5 Å². The summed E-state index contributed by atoms with van der Waals surface area (Å²) >= 11 is 0. The number of alkyl halides is 1. The number of hydrogen-bond acceptors (Lipinski definition) is 6. The Morgan fingerprint density at radius 3 is 2.45 bits per heavy atom. The highest BCUT2D eigenvalue weighted by Gasteiger charge is 2.28. The zero-order valence-electron chi connectivity index (χ0n) is 18.7. The topological polar surface area (TPSA) is 91.8 Å². The van der Waals surface area contributed by atoms with Gasteiger partial charge in [0.25, 0.3) is 0 Å². The van der Waals surface area contributed by atoms with E-state index in [0.29, 0.717) is 36.3 Å². The van der Waals surface area contributed by atoms with Crippen LogP contribution in [-0.2, 0) is 18.0 Å². The predicted molar refractivity (Wildman–Crippen MR) is 127 cm³/mol. The molecule has 3 aromatic rings. The Labute approximate surface area is 193 Å². The standard InChI is InChI=1S/C25H29FN6O/c1-27-24-30-22(17-8-3-2-4-9-17)31-25(32-24)29-21-13-7-12-18(14-21)23(33)28-16-20-11-6-5-10-19(20)15-26/h2-6,8-11,18,21H,7,12-16H2,1H3,(H,28,33)(H2,27,29,30,31,32)/t18-,21+/m0/s1. The second kappa shape index (κ2) is 10.8. The minimum atomic E-state index is -0.535. The predicted octanol–water partition coefficient (Wildman–Crippen LogP) is 4.34. The molecule has 0 radical (unpaired) electrons. The summed E-state index contributed by atoms with van der Waals surface area (Å²) in [6.45, 7) is -0.195. The quantitative estimate of drug-likeness (QED) is 0.475. The molecule has 0 saturated heterocycles. The van der Waals surface area contributed by atoms with E-state index in [4.69, 9.17) is 0 Å². The van der Waals surface area contributed by atoms with Gasteiger partial charge >= 0.3 is 0 Å². The fourth-order valence-electron chi connectivity index (χ4n) is 4.20. The smallest absolute Gasteiger partial charge is 0.228 e. The van der Waals surface area contributed by atoms with Crippen molar-refractivity contribution in [2.24, 2.45) is 5.92 Å². The van der Waals surface area contributed by atoms with Gasteiger partial charge in [0, 0.05) is 31.1 Å². The van der Waals surface area contributed by atoms with Crippen LogP contribution >= 0.6 is 0 Å². The normalized spacial score (nSPS) is 17.9. The minimum Gasteiger partial charge on any atom is -0.357 e. The Morgan fingerprint density at radius 1 is 0.970 bits per heavy atom. The molecule has 1 aliphatic rings. The van der Waals surface area contributed by atoms with Gasteiger partial charge in [-0.25, -0.2) is 4.39 Å². The molecular formula is C25H29FN6O. The van der Waals surface area contributed by atoms with Crippen LogP contribution in [0, 0.1) is 5.92 Å². The molecule has 0 bridgehead atoms. The summed E-state index contributed by atoms with van der Waals surface area (Å²) in [5, 5.41) is 9.39. The van der Waals surface area contributed by atoms with Crippen LogP contribution in [0.1, 0.15) is 36.8 Å². The van der Waals surface area contributed by atoms with E-state index in [-0.39, 0.29) is 17.9 Å². The maximum atomic E-state index is 13.2. The van der Waals surface area contributed by atoms with Crippen molar-refractivity contribution >= 4 is 17.8 Å². The molecule has 0 aliphatic heterocycles. The van der Waals surface area contributed by atoms with Crippen LogP contribution < -0.4 is 16.0 Å². The highest BCUT2D eigenvalue weighted by Crippen LogP contribution is 2.27. The first-order chi connectivity index (χ1) is 16.2. The number of rotatable bonds is 8. The molecule has 3 N–H and O–H groups in total. The Bertz CT molecular complexity index is 1080. The van der Waals surface area contributed by atoms with Gasteiger partial charge in [0.15, 0.2) is 5.82 Å². The van der Waals surface area contributed by atoms with E-state index in [0.717, 1.165) is 30.4 Å². The third kappa shape index (κ3) is 5.83. The van der Waals surface area contributed by atoms with E-state index in [2.05, 4.69) is 30.9 Å². The Hall–Kier alpha value is -3.55. The molecule has 1 aliphatic carbocycles. The number of carbonyl (C=O) groups is 1. The first-order valence-electron chi connectivity index (χ1n) is 11.3. The van der Waals surface area contributed by atoms with Gasteiger partial charge < -0.3 is 16.0 Å². The molecule has 0 spiro atoms. The molecule has 1 aromatic heterocycles. The zero-order chi connectivity index (χ0) is 23.0. The molecule has 8 heteroatoms. The van der Waals surface area contributed by atoms with Crippen molar-refractivity contribution in [3.8, 4) is 11.4 Å². The number of nitrogens with zero attached hydrogens (tertiary/aromatic N) is 3. The molecular weight excluding hydrogens is 419 g/mol. The molecule has 172 valence electrons. The maximum Gasteiger partial charge on any atom is 0.228 e. The third-order valence-corrected chi connectivity index (χ3v) is 5.98. The van der Waals surface area contributed by atoms with Crippen LogP contribution in [0.25, 0.3) is 11.4 Å². The molecule has 1 fully saturated rings. The summed E-state index contributed by atoms with van der Waals surface area (Å²) in [4.78, 5) is 26.3. The van der Waals surface area contributed by atoms with Crippen LogP contribution in [0.2, 0.25) is 0 Å². The van der Waals surface area contributed by atoms with Gasteiger partial charge in [0.2, 0.25) is 17.8 Å². The second-order valence-corrected chi connectivity index (χ2v) is 8.25. The monoisotopic (exact) mass is 448 g/mol. The SMILES string of the molecule is CNc1nc(N[C@@H]2CCC[C@H](C(=O)NCc3ccccc3CF)C2)nc(-c2ccccc2)n1. The van der Waals surface area contributed by atoms with Crippen molar-refractivity contribution in [2.75, 3.05) is 17.7 Å². The minimum absolute atomic E-state index is 0.00620. The third-order valence-electron chi connectivity index (χ3n) is 5.98. The molecule has 1 saturated carbocycles. The number of hydrogen-bond donors (Lipinski definition) is 3. The lowest BCUT2D eigenvalue weighted by atomic mass is 9.85. The summed E-state index contributed by atoms with van der Waals surface area (Å²) in [6, 6.07) is 17.1. The van der Waals surface area contributed by atoms with Crippen LogP contribution in [0.15, 0.2) is 54.6 Å². The van der Waals surface area contributed by atoms with Crippen molar-refractivity contribution in [1.29, 1.82) is 0 Å². The Kier molecular flexibility index (Phi) is 7.44. The van der Waals surface area contributed by atoms with Gasteiger partial charge in [-0.2, -0.15) is 15.0 Å². The lowest BCUT2D eigenvalue weighted by molar-refractivity contribution is -0.126. The largest absolute Gasteiger partial charge is 0.357 e. The maximum absolute atomic E-state index is 13.2. The first-order valence-corrected chi connectivity index (χ1v) is 11.3. The lowest BCUT2D eigenvalue weighted by Crippen LogP contribution is -2.37. The van der Waals surface area contributed by atoms with Crippen molar-refractivity contribution in [3.63, 3.8) is 0 Å². The summed E-state index contributed by atoms with van der Waals surface area (Å²) in [6.07, 6.45) is 3.41.